The number of methoxy groups -OCH3 is 1. The van der Waals surface area contributed by atoms with Gasteiger partial charge in [-0.1, -0.05) is 15.9 Å². The molecule has 0 bridgehead atoms. The second-order valence-electron chi connectivity index (χ2n) is 3.32. The number of nitrogen functional groups attached to an aromatic ring is 1. The van der Waals surface area contributed by atoms with Gasteiger partial charge in [-0.15, -0.1) is 0 Å². The predicted molar refractivity (Wildman–Crippen MR) is 69.4 cm³/mol. The largest absolute Gasteiger partial charge is 0.481 e. The van der Waals surface area contributed by atoms with Crippen LogP contribution in [0.25, 0.3) is 0 Å². The number of hydrogen-bond donors (Lipinski definition) is 1. The van der Waals surface area contributed by atoms with Crippen molar-refractivity contribution in [1.29, 1.82) is 0 Å². The Labute approximate surface area is 108 Å². The first-order chi connectivity index (χ1) is 8.19. The number of ether oxygens (including phenoxy) is 2. The first-order valence-corrected chi connectivity index (χ1v) is 5.71. The van der Waals surface area contributed by atoms with Crippen molar-refractivity contribution in [3.8, 4) is 17.4 Å². The van der Waals surface area contributed by atoms with Gasteiger partial charge in [-0.3, -0.25) is 0 Å². The summed E-state index contributed by atoms with van der Waals surface area (Å²) in [5.74, 6) is 1.73. The summed E-state index contributed by atoms with van der Waals surface area (Å²) in [5, 5.41) is 0. The van der Waals surface area contributed by atoms with Crippen LogP contribution in [0.2, 0.25) is 0 Å². The topological polar surface area (TPSA) is 57.4 Å². The lowest BCUT2D eigenvalue weighted by Crippen LogP contribution is -1.93. The molecule has 2 N–H and O–H groups in total. The molecule has 1 aromatic heterocycles. The molecule has 0 fully saturated rings. The van der Waals surface area contributed by atoms with Crippen LogP contribution in [0.4, 0.5) is 5.69 Å². The average Bonchev–Trinajstić information content (AvgIpc) is 2.33. The van der Waals surface area contributed by atoms with Crippen molar-refractivity contribution in [2.24, 2.45) is 0 Å². The number of anilines is 1. The van der Waals surface area contributed by atoms with Crippen LogP contribution >= 0.6 is 15.9 Å². The van der Waals surface area contributed by atoms with Crippen molar-refractivity contribution in [3.63, 3.8) is 0 Å². The standard InChI is InChI=1S/C12H11BrN2O2/c1-16-12-7-9(4-5-15-12)17-11-3-2-8(13)6-10(11)14/h2-7H,14H2,1H3. The van der Waals surface area contributed by atoms with Gasteiger partial charge >= 0.3 is 0 Å². The molecule has 0 aliphatic carbocycles. The van der Waals surface area contributed by atoms with Crippen molar-refractivity contribution >= 4 is 21.6 Å². The molecule has 5 heteroatoms. The number of benzene rings is 1. The fraction of sp³-hybridized carbons (Fsp3) is 0.0833. The molecular formula is C12H11BrN2O2. The average molecular weight is 295 g/mol. The van der Waals surface area contributed by atoms with Crippen molar-refractivity contribution in [1.82, 2.24) is 4.98 Å². The van der Waals surface area contributed by atoms with E-state index in [9.17, 15) is 0 Å². The van der Waals surface area contributed by atoms with Gasteiger partial charge in [-0.05, 0) is 24.3 Å². The minimum Gasteiger partial charge on any atom is -0.481 e. The fourth-order valence-corrected chi connectivity index (χ4v) is 1.68. The number of aromatic nitrogens is 1. The molecular weight excluding hydrogens is 284 g/mol. The van der Waals surface area contributed by atoms with E-state index < -0.39 is 0 Å². The van der Waals surface area contributed by atoms with Gasteiger partial charge in [0.1, 0.15) is 11.5 Å². The van der Waals surface area contributed by atoms with E-state index in [2.05, 4.69) is 20.9 Å². The molecule has 1 heterocycles. The minimum absolute atomic E-state index is 0.498. The molecule has 0 amide bonds. The summed E-state index contributed by atoms with van der Waals surface area (Å²) < 4.78 is 11.6. The van der Waals surface area contributed by atoms with E-state index >= 15 is 0 Å². The first-order valence-electron chi connectivity index (χ1n) is 4.92. The second kappa shape index (κ2) is 5.05. The van der Waals surface area contributed by atoms with Gasteiger partial charge in [0.2, 0.25) is 5.88 Å². The number of hydrogen-bond acceptors (Lipinski definition) is 4. The molecule has 0 unspecified atom stereocenters. The van der Waals surface area contributed by atoms with Crippen LogP contribution in [0.3, 0.4) is 0 Å². The third kappa shape index (κ3) is 2.88. The molecule has 0 aliphatic rings. The maximum Gasteiger partial charge on any atom is 0.216 e. The Hall–Kier alpha value is -1.75. The van der Waals surface area contributed by atoms with E-state index in [0.717, 1.165) is 4.47 Å². The third-order valence-electron chi connectivity index (χ3n) is 2.12. The lowest BCUT2D eigenvalue weighted by Gasteiger charge is -2.09. The summed E-state index contributed by atoms with van der Waals surface area (Å²) in [7, 11) is 1.56. The predicted octanol–water partition coefficient (Wildman–Crippen LogP) is 3.23. The summed E-state index contributed by atoms with van der Waals surface area (Å²) in [4.78, 5) is 4.00. The first kappa shape index (κ1) is 11.7. The van der Waals surface area contributed by atoms with Gasteiger partial charge in [-0.2, -0.15) is 0 Å². The Bertz CT molecular complexity index is 532. The molecule has 88 valence electrons. The SMILES string of the molecule is COc1cc(Oc2ccc(Br)cc2N)ccn1. The lowest BCUT2D eigenvalue weighted by molar-refractivity contribution is 0.392. The smallest absolute Gasteiger partial charge is 0.216 e. The van der Waals surface area contributed by atoms with Crippen LogP contribution in [-0.4, -0.2) is 12.1 Å². The van der Waals surface area contributed by atoms with Crippen LogP contribution in [0, 0.1) is 0 Å². The van der Waals surface area contributed by atoms with Crippen molar-refractivity contribution in [2.45, 2.75) is 0 Å². The number of pyridine rings is 1. The van der Waals surface area contributed by atoms with Crippen molar-refractivity contribution in [2.75, 3.05) is 12.8 Å². The molecule has 0 aliphatic heterocycles. The van der Waals surface area contributed by atoms with Gasteiger partial charge < -0.3 is 15.2 Å². The van der Waals surface area contributed by atoms with Crippen LogP contribution in [0.15, 0.2) is 41.0 Å². The minimum atomic E-state index is 0.498. The Balaban J connectivity index is 2.25. The van der Waals surface area contributed by atoms with Crippen molar-refractivity contribution in [3.05, 3.63) is 41.0 Å². The molecule has 0 spiro atoms. The third-order valence-corrected chi connectivity index (χ3v) is 2.61. The summed E-state index contributed by atoms with van der Waals surface area (Å²) >= 11 is 3.34. The highest BCUT2D eigenvalue weighted by atomic mass is 79.9. The van der Waals surface area contributed by atoms with E-state index in [0.29, 0.717) is 23.1 Å². The van der Waals surface area contributed by atoms with E-state index in [1.165, 1.54) is 0 Å². The molecule has 0 radical (unpaired) electrons. The van der Waals surface area contributed by atoms with E-state index in [1.807, 2.05) is 6.07 Å². The van der Waals surface area contributed by atoms with Crippen LogP contribution in [0.5, 0.6) is 17.4 Å². The Morgan fingerprint density at radius 1 is 1.24 bits per heavy atom. The van der Waals surface area contributed by atoms with Gasteiger partial charge in [0.25, 0.3) is 0 Å². The summed E-state index contributed by atoms with van der Waals surface area (Å²) in [6.07, 6.45) is 1.61. The Morgan fingerprint density at radius 3 is 2.76 bits per heavy atom. The zero-order chi connectivity index (χ0) is 12.3. The van der Waals surface area contributed by atoms with Crippen LogP contribution in [-0.2, 0) is 0 Å². The van der Waals surface area contributed by atoms with Gasteiger partial charge in [0.15, 0.2) is 0 Å². The second-order valence-corrected chi connectivity index (χ2v) is 4.23. The molecule has 4 nitrogen and oxygen atoms in total. The van der Waals surface area contributed by atoms with E-state index in [1.54, 1.807) is 37.6 Å². The fourth-order valence-electron chi connectivity index (χ4n) is 1.31. The molecule has 2 rings (SSSR count). The van der Waals surface area contributed by atoms with Gasteiger partial charge in [0.05, 0.1) is 12.8 Å². The molecule has 0 saturated carbocycles. The quantitative estimate of drug-likeness (QED) is 0.883. The van der Waals surface area contributed by atoms with Gasteiger partial charge in [0, 0.05) is 16.7 Å². The normalized spacial score (nSPS) is 10.0. The lowest BCUT2D eigenvalue weighted by atomic mass is 10.3. The monoisotopic (exact) mass is 294 g/mol. The highest BCUT2D eigenvalue weighted by Gasteiger charge is 2.04. The molecule has 1 aromatic carbocycles. The van der Waals surface area contributed by atoms with Crippen LogP contribution in [0.1, 0.15) is 0 Å². The molecule has 2 aromatic rings. The molecule has 0 atom stereocenters. The molecule has 17 heavy (non-hydrogen) atoms. The Kier molecular flexibility index (Phi) is 3.49. The highest BCUT2D eigenvalue weighted by Crippen LogP contribution is 2.30. The number of halogens is 1. The summed E-state index contributed by atoms with van der Waals surface area (Å²) in [6.45, 7) is 0. The number of nitrogens with zero attached hydrogens (tertiary/aromatic N) is 1. The van der Waals surface area contributed by atoms with Crippen LogP contribution < -0.4 is 15.2 Å². The van der Waals surface area contributed by atoms with Gasteiger partial charge in [-0.25, -0.2) is 4.98 Å². The Morgan fingerprint density at radius 2 is 2.06 bits per heavy atom. The highest BCUT2D eigenvalue weighted by molar-refractivity contribution is 9.10. The summed E-state index contributed by atoms with van der Waals surface area (Å²) in [6, 6.07) is 8.88. The maximum atomic E-state index is 5.84. The number of nitrogens with two attached hydrogens (primary N) is 1. The summed E-state index contributed by atoms with van der Waals surface area (Å²) in [5.41, 5.74) is 6.40. The maximum absolute atomic E-state index is 5.84. The zero-order valence-electron chi connectivity index (χ0n) is 9.18. The van der Waals surface area contributed by atoms with E-state index in [-0.39, 0.29) is 0 Å². The van der Waals surface area contributed by atoms with E-state index in [4.69, 9.17) is 15.2 Å². The molecule has 0 saturated heterocycles. The number of rotatable bonds is 3. The van der Waals surface area contributed by atoms with Crippen molar-refractivity contribution < 1.29 is 9.47 Å². The zero-order valence-corrected chi connectivity index (χ0v) is 10.8.